The summed E-state index contributed by atoms with van der Waals surface area (Å²) in [6, 6.07) is 36.8. The Morgan fingerprint density at radius 3 is 1.17 bits per heavy atom. The van der Waals surface area contributed by atoms with Crippen LogP contribution in [0.25, 0.3) is 0 Å². The van der Waals surface area contributed by atoms with E-state index in [1.807, 2.05) is 0 Å². The van der Waals surface area contributed by atoms with Crippen molar-refractivity contribution in [3.8, 4) is 0 Å². The molecule has 2 aliphatic heterocycles. The van der Waals surface area contributed by atoms with Crippen LogP contribution in [0.1, 0.15) is 114 Å². The average Bonchev–Trinajstić information content (AvgIpc) is 1.00. The number of nitrogens with zero attached hydrogens (tertiary/aromatic N) is 7. The number of H-pyrrole nitrogens is 2. The van der Waals surface area contributed by atoms with Crippen molar-refractivity contribution in [1.29, 1.82) is 0 Å². The second kappa shape index (κ2) is 31.4. The number of aliphatic hydroxyl groups is 1. The van der Waals surface area contributed by atoms with E-state index >= 15 is 0 Å². The number of alkyl halides is 12. The smallest absolute Gasteiger partial charge is 0.416 e. The van der Waals surface area contributed by atoms with Crippen molar-refractivity contribution in [2.24, 2.45) is 5.16 Å². The van der Waals surface area contributed by atoms with E-state index < -0.39 is 125 Å². The van der Waals surface area contributed by atoms with Crippen LogP contribution in [0.2, 0.25) is 0 Å². The number of oxime groups is 1. The molecular weight excluding hydrogens is 1350 g/mol. The summed E-state index contributed by atoms with van der Waals surface area (Å²) in [5.74, 6) is 0. The van der Waals surface area contributed by atoms with Gasteiger partial charge in [-0.05, 0) is 116 Å². The maximum Gasteiger partial charge on any atom is 0.416 e. The molecule has 6 atom stereocenters. The lowest BCUT2D eigenvalue weighted by Gasteiger charge is -2.52. The second-order valence-corrected chi connectivity index (χ2v) is 23.6. The molecule has 2 aliphatic rings. The first kappa shape index (κ1) is 75.7. The van der Waals surface area contributed by atoms with Gasteiger partial charge in [0.1, 0.15) is 43.2 Å². The van der Waals surface area contributed by atoms with Gasteiger partial charge in [0.2, 0.25) is 0 Å². The number of aliphatic hydroxyl groups excluding tert-OH is 1. The van der Waals surface area contributed by atoms with Gasteiger partial charge in [0.15, 0.2) is 0 Å². The fourth-order valence-electron chi connectivity index (χ4n) is 11.9. The second-order valence-electron chi connectivity index (χ2n) is 23.6. The molecule has 0 spiro atoms. The molecule has 2 aromatic heterocycles. The molecule has 0 radical (unpaired) electrons. The molecule has 0 aliphatic carbocycles. The highest BCUT2D eigenvalue weighted by Crippen LogP contribution is 2.48. The third-order valence-corrected chi connectivity index (χ3v) is 17.2. The number of rotatable bonds is 18. The summed E-state index contributed by atoms with van der Waals surface area (Å²) in [7, 11) is 0. The number of likely N-dealkylation sites (tertiary alicyclic amines) is 2. The Balaban J connectivity index is 0.000000245. The summed E-state index contributed by atoms with van der Waals surface area (Å²) in [5, 5.41) is 32.4. The van der Waals surface area contributed by atoms with Crippen molar-refractivity contribution in [3.05, 3.63) is 247 Å². The Morgan fingerprint density at radius 2 is 0.860 bits per heavy atom. The summed E-state index contributed by atoms with van der Waals surface area (Å²) in [6.45, 7) is 2.64. The number of amides is 2. The van der Waals surface area contributed by atoms with Crippen LogP contribution in [0, 0.1) is 0 Å². The number of aldehydes is 1. The minimum atomic E-state index is -5.06. The van der Waals surface area contributed by atoms with Crippen LogP contribution in [0.4, 0.5) is 62.3 Å². The molecule has 534 valence electrons. The van der Waals surface area contributed by atoms with E-state index in [0.717, 1.165) is 21.7 Å². The van der Waals surface area contributed by atoms with Gasteiger partial charge in [-0.25, -0.2) is 29.4 Å². The number of hydrogen-bond donors (Lipinski definition) is 4. The molecule has 4 heterocycles. The van der Waals surface area contributed by atoms with Crippen LogP contribution in [0.5, 0.6) is 0 Å². The molecule has 2 saturated heterocycles. The largest absolute Gasteiger partial charge is 0.445 e. The quantitative estimate of drug-likeness (QED) is 0.0205. The van der Waals surface area contributed by atoms with E-state index in [4.69, 9.17) is 24.1 Å². The van der Waals surface area contributed by atoms with Gasteiger partial charge in [-0.2, -0.15) is 62.9 Å². The molecule has 6 aromatic carbocycles. The van der Waals surface area contributed by atoms with Crippen molar-refractivity contribution in [2.75, 3.05) is 32.9 Å². The van der Waals surface area contributed by atoms with Crippen LogP contribution in [0.15, 0.2) is 185 Å². The van der Waals surface area contributed by atoms with Crippen LogP contribution in [-0.2, 0) is 83.8 Å². The topological polar surface area (TPSA) is 249 Å². The number of carbonyl (C=O) groups is 3. The first-order valence-electron chi connectivity index (χ1n) is 30.7. The number of nitrogens with one attached hydrogen (secondary N) is 2. The number of benzene rings is 6. The Morgan fingerprint density at radius 1 is 0.540 bits per heavy atom. The number of carbonyl (C=O) groups excluding carboxylic acids is 3. The lowest BCUT2D eigenvalue weighted by molar-refractivity contribution is -0.145. The predicted octanol–water partition coefficient (Wildman–Crippen LogP) is 13.5. The average molecular weight is 1410 g/mol. The van der Waals surface area contributed by atoms with Gasteiger partial charge in [-0.15, -0.1) is 0 Å². The predicted molar refractivity (Wildman–Crippen MR) is 334 cm³/mol. The van der Waals surface area contributed by atoms with Gasteiger partial charge in [-0.1, -0.05) is 126 Å². The zero-order chi connectivity index (χ0) is 72.9. The van der Waals surface area contributed by atoms with E-state index in [2.05, 4.69) is 25.6 Å². The molecule has 10 rings (SSSR count). The SMILES string of the molecule is CCO.C[C@@H](OC[C@@]1(c2ccccc2)CC[C@](/C=N/O)(n2cn[nH]c2=O)CN1C(=O)OCc1ccccc1)c1cc(C(F)(F)F)cc(C(F)(F)F)c1.C[C@@H](OC[C@@]1(c2ccccc2)CC[C@](C=O)(n2cn[nH]c2=O)CN1C(=O)OCc1ccccc1)c1cc(C(F)(F)F)cc(C(F)(F)F)c1. The summed E-state index contributed by atoms with van der Waals surface area (Å²) in [4.78, 5) is 68.7. The van der Waals surface area contributed by atoms with Crippen molar-refractivity contribution < 1.29 is 96.3 Å². The Hall–Kier alpha value is -10.1. The van der Waals surface area contributed by atoms with Gasteiger partial charge < -0.3 is 34.1 Å². The maximum atomic E-state index is 14.1. The zero-order valence-electron chi connectivity index (χ0n) is 53.5. The molecule has 2 fully saturated rings. The molecule has 4 N–H and O–H groups in total. The maximum absolute atomic E-state index is 14.1. The Labute approximate surface area is 562 Å². The molecule has 0 bridgehead atoms. The van der Waals surface area contributed by atoms with Crippen molar-refractivity contribution in [2.45, 2.75) is 119 Å². The van der Waals surface area contributed by atoms with E-state index in [1.54, 1.807) is 128 Å². The number of halogens is 12. The molecule has 100 heavy (non-hydrogen) atoms. The molecule has 32 heteroatoms. The van der Waals surface area contributed by atoms with Crippen molar-refractivity contribution in [3.63, 3.8) is 0 Å². The van der Waals surface area contributed by atoms with Gasteiger partial charge in [0, 0.05) is 6.61 Å². The highest BCUT2D eigenvalue weighted by molar-refractivity contribution is 5.75. The fraction of sp³-hybridized carbons (Fsp3) is 0.353. The third kappa shape index (κ3) is 17.5. The normalized spacial score (nSPS) is 20.3. The number of aromatic nitrogens is 6. The molecule has 2 amide bonds. The van der Waals surface area contributed by atoms with Crippen LogP contribution >= 0.6 is 0 Å². The van der Waals surface area contributed by atoms with Gasteiger partial charge in [0.25, 0.3) is 0 Å². The summed E-state index contributed by atoms with van der Waals surface area (Å²) >= 11 is 0. The van der Waals surface area contributed by atoms with E-state index in [9.17, 15) is 81.9 Å². The Bertz CT molecular complexity index is 4110. The lowest BCUT2D eigenvalue weighted by atomic mass is 9.75. The lowest BCUT2D eigenvalue weighted by Crippen LogP contribution is -2.64. The first-order valence-corrected chi connectivity index (χ1v) is 30.7. The van der Waals surface area contributed by atoms with E-state index in [0.29, 0.717) is 52.8 Å². The van der Waals surface area contributed by atoms with Crippen molar-refractivity contribution in [1.82, 2.24) is 39.3 Å². The van der Waals surface area contributed by atoms with Crippen molar-refractivity contribution >= 4 is 24.7 Å². The molecular formula is C68H67F12N9O11. The fourth-order valence-corrected chi connectivity index (χ4v) is 11.9. The minimum Gasteiger partial charge on any atom is -0.445 e. The highest BCUT2D eigenvalue weighted by Gasteiger charge is 2.55. The molecule has 0 unspecified atom stereocenters. The van der Waals surface area contributed by atoms with E-state index in [-0.39, 0.29) is 75.3 Å². The number of piperidine rings is 2. The summed E-state index contributed by atoms with van der Waals surface area (Å²) in [6.07, 6.45) is -20.7. The van der Waals surface area contributed by atoms with E-state index in [1.165, 1.54) is 30.0 Å². The molecule has 8 aromatic rings. The molecule has 20 nitrogen and oxygen atoms in total. The van der Waals surface area contributed by atoms with Crippen LogP contribution in [0.3, 0.4) is 0 Å². The summed E-state index contributed by atoms with van der Waals surface area (Å²) in [5.41, 5.74) is -11.7. The minimum absolute atomic E-state index is 0.00417. The first-order chi connectivity index (χ1) is 47.3. The number of ether oxygens (including phenoxy) is 4. The van der Waals surface area contributed by atoms with Crippen LogP contribution in [-0.4, -0.2) is 107 Å². The summed E-state index contributed by atoms with van der Waals surface area (Å²) < 4.78 is 189. The van der Waals surface area contributed by atoms with Crippen LogP contribution < -0.4 is 11.4 Å². The van der Waals surface area contributed by atoms with Gasteiger partial charge >= 0.3 is 48.3 Å². The zero-order valence-corrected chi connectivity index (χ0v) is 53.5. The third-order valence-electron chi connectivity index (χ3n) is 17.2. The standard InChI is InChI=1S/C33H31F6N5O5.C33H30F6N4O5.C2H6O/c1-22(24-14-26(32(34,35)36)16-27(15-24)33(37,38)39)49-20-31(25-10-6-3-7-11-25)13-12-30(18-41-47,44-21-40-42-28(44)45)19-43(31)29(46)48-17-23-8-4-2-5-9-23;1-22(24-14-26(32(34,35)36)16-27(15-24)33(37,38)39)48-20-31(25-10-6-3-7-11-25)13-12-30(19-44,43-21-40-41-28(43)45)18-42(31)29(46)47-17-23-8-4-2-5-9-23;1-2-3/h2-11,14-16,18,21-22,47H,12-13,17,19-20H2,1H3,(H,42,45);2-11,14-16,19,21-22H,12-13,17-18,20H2,1H3,(H,41,45);3H,2H2,1H3/b41-18+;;/t22-,30-,31-;22-,30+,31-;/m11./s1. The number of aromatic amines is 2. The van der Waals surface area contributed by atoms with Gasteiger partial charge in [0.05, 0.1) is 78.1 Å². The highest BCUT2D eigenvalue weighted by atomic mass is 19.4. The Kier molecular flexibility index (Phi) is 23.8. The number of hydrogen-bond acceptors (Lipinski definition) is 14. The molecule has 0 saturated carbocycles. The van der Waals surface area contributed by atoms with Gasteiger partial charge in [-0.3, -0.25) is 18.9 Å². The monoisotopic (exact) mass is 1410 g/mol.